The summed E-state index contributed by atoms with van der Waals surface area (Å²) < 4.78 is 16.3. The van der Waals surface area contributed by atoms with E-state index in [-0.39, 0.29) is 19.1 Å². The third-order valence-electron chi connectivity index (χ3n) is 3.31. The van der Waals surface area contributed by atoms with Crippen LogP contribution in [0.5, 0.6) is 11.5 Å². The molecule has 2 rings (SSSR count). The van der Waals surface area contributed by atoms with Gasteiger partial charge in [0.2, 0.25) is 6.10 Å². The molecule has 1 aromatic carbocycles. The SMILES string of the molecule is COCC(O)CN(C)C(=O)C1Oc2ccccc2OC1C. The number of likely N-dealkylation sites (N-methyl/N-ethyl adjacent to an activating group) is 1. The van der Waals surface area contributed by atoms with Crippen molar-refractivity contribution in [1.29, 1.82) is 0 Å². The second kappa shape index (κ2) is 6.78. The molecule has 1 aromatic rings. The number of aliphatic hydroxyl groups is 1. The summed E-state index contributed by atoms with van der Waals surface area (Å²) in [6.45, 7) is 2.15. The lowest BCUT2D eigenvalue weighted by molar-refractivity contribution is -0.144. The second-order valence-electron chi connectivity index (χ2n) is 5.14. The Kier molecular flexibility index (Phi) is 5.03. The van der Waals surface area contributed by atoms with Crippen molar-refractivity contribution in [3.63, 3.8) is 0 Å². The van der Waals surface area contributed by atoms with Crippen LogP contribution in [0.1, 0.15) is 6.92 Å². The lowest BCUT2D eigenvalue weighted by atomic mass is 10.1. The maximum Gasteiger partial charge on any atom is 0.267 e. The fourth-order valence-electron chi connectivity index (χ4n) is 2.26. The zero-order valence-corrected chi connectivity index (χ0v) is 12.5. The standard InChI is InChI=1S/C15H21NO5/c1-10-14(15(18)16(2)8-11(17)9-19-3)21-13-7-5-4-6-12(13)20-10/h4-7,10-11,14,17H,8-9H2,1-3H3. The molecule has 0 fully saturated rings. The van der Waals surface area contributed by atoms with Gasteiger partial charge in [0.15, 0.2) is 11.5 Å². The number of aliphatic hydroxyl groups excluding tert-OH is 1. The first-order chi connectivity index (χ1) is 10.0. The molecule has 6 heteroatoms. The molecule has 1 aliphatic heterocycles. The van der Waals surface area contributed by atoms with E-state index in [0.29, 0.717) is 11.5 Å². The minimum atomic E-state index is -0.726. The Morgan fingerprint density at radius 3 is 2.62 bits per heavy atom. The van der Waals surface area contributed by atoms with Crippen molar-refractivity contribution < 1.29 is 24.1 Å². The van der Waals surface area contributed by atoms with E-state index in [2.05, 4.69) is 0 Å². The molecule has 6 nitrogen and oxygen atoms in total. The van der Waals surface area contributed by atoms with Crippen LogP contribution in [0.2, 0.25) is 0 Å². The summed E-state index contributed by atoms with van der Waals surface area (Å²) in [6, 6.07) is 7.25. The molecule has 3 atom stereocenters. The van der Waals surface area contributed by atoms with E-state index in [1.165, 1.54) is 12.0 Å². The predicted octanol–water partition coefficient (Wildman–Crippen LogP) is 0.681. The minimum Gasteiger partial charge on any atom is -0.482 e. The first kappa shape index (κ1) is 15.6. The molecule has 0 saturated heterocycles. The maximum atomic E-state index is 12.4. The van der Waals surface area contributed by atoms with Crippen LogP contribution in [0, 0.1) is 0 Å². The number of methoxy groups -OCH3 is 1. The van der Waals surface area contributed by atoms with E-state index < -0.39 is 18.3 Å². The van der Waals surface area contributed by atoms with Gasteiger partial charge in [0.1, 0.15) is 6.10 Å². The Labute approximate surface area is 124 Å². The highest BCUT2D eigenvalue weighted by Crippen LogP contribution is 2.33. The molecule has 21 heavy (non-hydrogen) atoms. The molecule has 0 saturated carbocycles. The van der Waals surface area contributed by atoms with Gasteiger partial charge < -0.3 is 24.2 Å². The maximum absolute atomic E-state index is 12.4. The van der Waals surface area contributed by atoms with Gasteiger partial charge in [-0.15, -0.1) is 0 Å². The number of carbonyl (C=O) groups is 1. The van der Waals surface area contributed by atoms with Crippen LogP contribution in [0.3, 0.4) is 0 Å². The van der Waals surface area contributed by atoms with E-state index in [9.17, 15) is 9.90 Å². The van der Waals surface area contributed by atoms with Crippen molar-refractivity contribution in [2.45, 2.75) is 25.2 Å². The number of fused-ring (bicyclic) bond motifs is 1. The van der Waals surface area contributed by atoms with Crippen molar-refractivity contribution in [1.82, 2.24) is 4.90 Å². The number of carbonyl (C=O) groups excluding carboxylic acids is 1. The number of nitrogens with zero attached hydrogens (tertiary/aromatic N) is 1. The highest BCUT2D eigenvalue weighted by atomic mass is 16.6. The number of para-hydroxylation sites is 2. The number of ether oxygens (including phenoxy) is 3. The normalized spacial score (nSPS) is 21.7. The first-order valence-corrected chi connectivity index (χ1v) is 6.87. The van der Waals surface area contributed by atoms with Gasteiger partial charge in [0.25, 0.3) is 5.91 Å². The van der Waals surface area contributed by atoms with Crippen LogP contribution in [0.4, 0.5) is 0 Å². The van der Waals surface area contributed by atoms with Crippen molar-refractivity contribution in [3.8, 4) is 11.5 Å². The fourth-order valence-corrected chi connectivity index (χ4v) is 2.26. The number of rotatable bonds is 5. The molecule has 0 aliphatic carbocycles. The van der Waals surface area contributed by atoms with Gasteiger partial charge in [-0.3, -0.25) is 4.79 Å². The van der Waals surface area contributed by atoms with Gasteiger partial charge >= 0.3 is 0 Å². The monoisotopic (exact) mass is 295 g/mol. The van der Waals surface area contributed by atoms with Crippen molar-refractivity contribution >= 4 is 5.91 Å². The van der Waals surface area contributed by atoms with Crippen LogP contribution in [-0.2, 0) is 9.53 Å². The molecular formula is C15H21NO5. The molecule has 1 heterocycles. The quantitative estimate of drug-likeness (QED) is 0.865. The van der Waals surface area contributed by atoms with Gasteiger partial charge in [-0.2, -0.15) is 0 Å². The molecule has 1 N–H and O–H groups in total. The molecule has 0 bridgehead atoms. The Bertz CT molecular complexity index is 493. The summed E-state index contributed by atoms with van der Waals surface area (Å²) >= 11 is 0. The van der Waals surface area contributed by atoms with Crippen LogP contribution < -0.4 is 9.47 Å². The highest BCUT2D eigenvalue weighted by molar-refractivity contribution is 5.82. The van der Waals surface area contributed by atoms with Crippen molar-refractivity contribution in [3.05, 3.63) is 24.3 Å². The fraction of sp³-hybridized carbons (Fsp3) is 0.533. The summed E-state index contributed by atoms with van der Waals surface area (Å²) in [7, 11) is 3.12. The van der Waals surface area contributed by atoms with Gasteiger partial charge in [-0.1, -0.05) is 12.1 Å². The van der Waals surface area contributed by atoms with Crippen LogP contribution in [0.15, 0.2) is 24.3 Å². The molecule has 3 unspecified atom stereocenters. The first-order valence-electron chi connectivity index (χ1n) is 6.87. The Morgan fingerprint density at radius 1 is 1.38 bits per heavy atom. The van der Waals surface area contributed by atoms with Crippen LogP contribution in [0.25, 0.3) is 0 Å². The van der Waals surface area contributed by atoms with Crippen molar-refractivity contribution in [2.75, 3.05) is 27.3 Å². The minimum absolute atomic E-state index is 0.179. The highest BCUT2D eigenvalue weighted by Gasteiger charge is 2.36. The summed E-state index contributed by atoms with van der Waals surface area (Å²) in [6.07, 6.45) is -1.84. The lowest BCUT2D eigenvalue weighted by Gasteiger charge is -2.33. The summed E-state index contributed by atoms with van der Waals surface area (Å²) in [5.41, 5.74) is 0. The number of benzene rings is 1. The molecular weight excluding hydrogens is 274 g/mol. The van der Waals surface area contributed by atoms with Crippen LogP contribution in [-0.4, -0.2) is 61.5 Å². The average molecular weight is 295 g/mol. The molecule has 0 spiro atoms. The van der Waals surface area contributed by atoms with E-state index in [1.54, 1.807) is 26.1 Å². The van der Waals surface area contributed by atoms with E-state index in [4.69, 9.17) is 14.2 Å². The largest absolute Gasteiger partial charge is 0.482 e. The molecule has 0 aromatic heterocycles. The Balaban J connectivity index is 2.02. The average Bonchev–Trinajstić information content (AvgIpc) is 2.46. The second-order valence-corrected chi connectivity index (χ2v) is 5.14. The van der Waals surface area contributed by atoms with E-state index in [0.717, 1.165) is 0 Å². The molecule has 1 amide bonds. The zero-order chi connectivity index (χ0) is 15.4. The van der Waals surface area contributed by atoms with Gasteiger partial charge in [-0.05, 0) is 19.1 Å². The molecule has 0 radical (unpaired) electrons. The number of hydrogen-bond donors (Lipinski definition) is 1. The third-order valence-corrected chi connectivity index (χ3v) is 3.31. The third kappa shape index (κ3) is 3.65. The Morgan fingerprint density at radius 2 is 2.00 bits per heavy atom. The summed E-state index contributed by atoms with van der Waals surface area (Å²) in [4.78, 5) is 13.9. The lowest BCUT2D eigenvalue weighted by Crippen LogP contribution is -2.51. The van der Waals surface area contributed by atoms with E-state index >= 15 is 0 Å². The van der Waals surface area contributed by atoms with Crippen LogP contribution >= 0.6 is 0 Å². The molecule has 1 aliphatic rings. The topological polar surface area (TPSA) is 68.2 Å². The Hall–Kier alpha value is -1.79. The van der Waals surface area contributed by atoms with Gasteiger partial charge in [0.05, 0.1) is 12.7 Å². The number of amides is 1. The summed E-state index contributed by atoms with van der Waals surface area (Å²) in [5.74, 6) is 0.961. The van der Waals surface area contributed by atoms with Gasteiger partial charge in [0, 0.05) is 20.7 Å². The van der Waals surface area contributed by atoms with Gasteiger partial charge in [-0.25, -0.2) is 0 Å². The summed E-state index contributed by atoms with van der Waals surface area (Å²) in [5, 5.41) is 9.70. The molecule has 116 valence electrons. The smallest absolute Gasteiger partial charge is 0.267 e. The number of hydrogen-bond acceptors (Lipinski definition) is 5. The zero-order valence-electron chi connectivity index (χ0n) is 12.5. The van der Waals surface area contributed by atoms with E-state index in [1.807, 2.05) is 12.1 Å². The van der Waals surface area contributed by atoms with Crippen molar-refractivity contribution in [2.24, 2.45) is 0 Å². The predicted molar refractivity (Wildman–Crippen MR) is 76.5 cm³/mol.